The predicted octanol–water partition coefficient (Wildman–Crippen LogP) is 1.44. The largest absolute Gasteiger partial charge is 0.444 e. The summed E-state index contributed by atoms with van der Waals surface area (Å²) in [5.41, 5.74) is 1.41. The summed E-state index contributed by atoms with van der Waals surface area (Å²) < 4.78 is 15.6. The maximum absolute atomic E-state index is 13.0. The first kappa shape index (κ1) is 21.2. The van der Waals surface area contributed by atoms with Gasteiger partial charge in [-0.2, -0.15) is 5.10 Å². The van der Waals surface area contributed by atoms with Gasteiger partial charge in [0.1, 0.15) is 5.60 Å². The van der Waals surface area contributed by atoms with E-state index in [1.807, 2.05) is 20.8 Å². The van der Waals surface area contributed by atoms with E-state index in [1.165, 1.54) is 0 Å². The molecule has 0 aliphatic carbocycles. The van der Waals surface area contributed by atoms with Gasteiger partial charge in [0.2, 0.25) is 0 Å². The van der Waals surface area contributed by atoms with Crippen LogP contribution in [-0.4, -0.2) is 84.7 Å². The van der Waals surface area contributed by atoms with Crippen molar-refractivity contribution in [3.05, 3.63) is 17.0 Å². The zero-order valence-corrected chi connectivity index (χ0v) is 16.8. The second kappa shape index (κ2) is 9.18. The molecule has 1 N–H and O–H groups in total. The van der Waals surface area contributed by atoms with Gasteiger partial charge in [0.15, 0.2) is 5.69 Å². The maximum atomic E-state index is 13.0. The third-order valence-electron chi connectivity index (χ3n) is 4.21. The number of hydrogen-bond acceptors (Lipinski definition) is 6. The van der Waals surface area contributed by atoms with Crippen molar-refractivity contribution in [1.29, 1.82) is 0 Å². The van der Waals surface area contributed by atoms with Crippen LogP contribution >= 0.6 is 0 Å². The normalized spacial score (nSPS) is 14.0. The van der Waals surface area contributed by atoms with Crippen molar-refractivity contribution in [2.45, 2.75) is 39.3 Å². The highest BCUT2D eigenvalue weighted by Crippen LogP contribution is 2.23. The quantitative estimate of drug-likeness (QED) is 0.766. The Bertz CT molecular complexity index is 645. The molecule has 2 rings (SSSR count). The first-order chi connectivity index (χ1) is 12.8. The molecule has 0 radical (unpaired) electrons. The zero-order chi connectivity index (χ0) is 20.0. The lowest BCUT2D eigenvalue weighted by Crippen LogP contribution is -2.41. The number of nitrogens with zero attached hydrogens (tertiary/aromatic N) is 3. The fraction of sp³-hybridized carbons (Fsp3) is 0.722. The molecule has 0 bridgehead atoms. The second-order valence-electron chi connectivity index (χ2n) is 7.46. The van der Waals surface area contributed by atoms with E-state index >= 15 is 0 Å². The van der Waals surface area contributed by atoms with Gasteiger partial charge >= 0.3 is 6.09 Å². The van der Waals surface area contributed by atoms with Gasteiger partial charge in [-0.25, -0.2) is 4.79 Å². The van der Waals surface area contributed by atoms with Crippen molar-refractivity contribution in [3.8, 4) is 0 Å². The lowest BCUT2D eigenvalue weighted by Gasteiger charge is -2.30. The Labute approximate surface area is 159 Å². The second-order valence-corrected chi connectivity index (χ2v) is 7.46. The molecule has 1 aromatic heterocycles. The molecule has 2 amide bonds. The van der Waals surface area contributed by atoms with Crippen molar-refractivity contribution < 1.29 is 23.8 Å². The number of fused-ring (bicyclic) bond motifs is 1. The Hall–Kier alpha value is -2.13. The average molecular weight is 382 g/mol. The predicted molar refractivity (Wildman–Crippen MR) is 98.6 cm³/mol. The van der Waals surface area contributed by atoms with E-state index in [-0.39, 0.29) is 12.0 Å². The molecule has 9 heteroatoms. The zero-order valence-electron chi connectivity index (χ0n) is 16.8. The lowest BCUT2D eigenvalue weighted by molar-refractivity contribution is 0.0221. The Morgan fingerprint density at radius 2 is 1.81 bits per heavy atom. The summed E-state index contributed by atoms with van der Waals surface area (Å²) in [6.45, 7) is 8.03. The molecule has 1 aromatic rings. The first-order valence-electron chi connectivity index (χ1n) is 9.08. The number of methoxy groups -OCH3 is 2. The van der Waals surface area contributed by atoms with Crippen LogP contribution in [0.1, 0.15) is 42.5 Å². The van der Waals surface area contributed by atoms with Gasteiger partial charge in [-0.05, 0) is 20.8 Å². The highest BCUT2D eigenvalue weighted by atomic mass is 16.6. The number of amides is 2. The van der Waals surface area contributed by atoms with Crippen molar-refractivity contribution >= 4 is 12.0 Å². The van der Waals surface area contributed by atoms with Crippen LogP contribution in [0.2, 0.25) is 0 Å². The fourth-order valence-corrected chi connectivity index (χ4v) is 2.82. The molecule has 2 heterocycles. The molecular weight excluding hydrogens is 352 g/mol. The van der Waals surface area contributed by atoms with E-state index in [1.54, 1.807) is 24.0 Å². The number of H-pyrrole nitrogens is 1. The summed E-state index contributed by atoms with van der Waals surface area (Å²) in [6.07, 6.45) is 0.216. The average Bonchev–Trinajstić information content (AvgIpc) is 3.03. The molecule has 1 aliphatic rings. The number of ether oxygens (including phenoxy) is 3. The molecule has 27 heavy (non-hydrogen) atoms. The topological polar surface area (TPSA) is 97.0 Å². The molecular formula is C18H30N4O5. The van der Waals surface area contributed by atoms with Crippen molar-refractivity contribution in [2.24, 2.45) is 0 Å². The molecule has 0 saturated carbocycles. The van der Waals surface area contributed by atoms with E-state index in [4.69, 9.17) is 14.2 Å². The Morgan fingerprint density at radius 1 is 1.19 bits per heavy atom. The minimum atomic E-state index is -0.566. The van der Waals surface area contributed by atoms with Crippen LogP contribution in [0.15, 0.2) is 0 Å². The number of nitrogens with one attached hydrogen (secondary N) is 1. The van der Waals surface area contributed by atoms with Crippen molar-refractivity contribution in [1.82, 2.24) is 20.0 Å². The van der Waals surface area contributed by atoms with Gasteiger partial charge in [-0.3, -0.25) is 9.89 Å². The SMILES string of the molecule is COCCN(CCOC)C(=O)c1n[nH]c2c1CN(C(=O)OC(C)(C)C)CC2. The molecule has 0 spiro atoms. The Balaban J connectivity index is 2.15. The Morgan fingerprint density at radius 3 is 2.37 bits per heavy atom. The van der Waals surface area contributed by atoms with E-state index in [0.717, 1.165) is 11.3 Å². The number of carbonyl (C=O) groups is 2. The number of carbonyl (C=O) groups excluding carboxylic acids is 2. The molecule has 0 saturated heterocycles. The third-order valence-corrected chi connectivity index (χ3v) is 4.21. The van der Waals surface area contributed by atoms with Gasteiger partial charge in [-0.1, -0.05) is 0 Å². The Kier molecular flexibility index (Phi) is 7.20. The van der Waals surface area contributed by atoms with Gasteiger partial charge in [0.25, 0.3) is 5.91 Å². The fourth-order valence-electron chi connectivity index (χ4n) is 2.82. The lowest BCUT2D eigenvalue weighted by atomic mass is 10.0. The smallest absolute Gasteiger partial charge is 0.410 e. The van der Waals surface area contributed by atoms with Gasteiger partial charge in [-0.15, -0.1) is 0 Å². The van der Waals surface area contributed by atoms with Crippen LogP contribution in [0.3, 0.4) is 0 Å². The van der Waals surface area contributed by atoms with Crippen LogP contribution in [-0.2, 0) is 27.2 Å². The molecule has 0 unspecified atom stereocenters. The minimum Gasteiger partial charge on any atom is -0.444 e. The summed E-state index contributed by atoms with van der Waals surface area (Å²) >= 11 is 0. The van der Waals surface area contributed by atoms with Gasteiger partial charge in [0.05, 0.1) is 19.8 Å². The maximum Gasteiger partial charge on any atom is 0.410 e. The van der Waals surface area contributed by atoms with E-state index in [2.05, 4.69) is 10.2 Å². The molecule has 0 fully saturated rings. The summed E-state index contributed by atoms with van der Waals surface area (Å²) in [6, 6.07) is 0. The van der Waals surface area contributed by atoms with Crippen LogP contribution in [0.4, 0.5) is 4.79 Å². The summed E-state index contributed by atoms with van der Waals surface area (Å²) in [5, 5.41) is 7.17. The minimum absolute atomic E-state index is 0.201. The third kappa shape index (κ3) is 5.67. The van der Waals surface area contributed by atoms with Crippen LogP contribution in [0.5, 0.6) is 0 Å². The summed E-state index contributed by atoms with van der Waals surface area (Å²) in [5.74, 6) is -0.201. The van der Waals surface area contributed by atoms with Crippen LogP contribution in [0.25, 0.3) is 0 Å². The molecule has 0 aromatic carbocycles. The molecule has 152 valence electrons. The van der Waals surface area contributed by atoms with Crippen LogP contribution < -0.4 is 0 Å². The van der Waals surface area contributed by atoms with E-state index in [9.17, 15) is 9.59 Å². The standard InChI is InChI=1S/C18H30N4O5/c1-18(2,3)27-17(24)22-7-6-14-13(12-22)15(20-19-14)16(23)21(8-10-25-4)9-11-26-5/h6-12H2,1-5H3,(H,19,20). The number of rotatable bonds is 7. The van der Waals surface area contributed by atoms with Gasteiger partial charge in [0, 0.05) is 51.5 Å². The molecule has 9 nitrogen and oxygen atoms in total. The number of aromatic nitrogens is 2. The summed E-state index contributed by atoms with van der Waals surface area (Å²) in [4.78, 5) is 28.6. The van der Waals surface area contributed by atoms with Crippen LogP contribution in [0, 0.1) is 0 Å². The van der Waals surface area contributed by atoms with Crippen molar-refractivity contribution in [3.63, 3.8) is 0 Å². The number of aromatic amines is 1. The highest BCUT2D eigenvalue weighted by molar-refractivity contribution is 5.94. The molecule has 1 aliphatic heterocycles. The monoisotopic (exact) mass is 382 g/mol. The van der Waals surface area contributed by atoms with E-state index < -0.39 is 5.60 Å². The molecule has 0 atom stereocenters. The highest BCUT2D eigenvalue weighted by Gasteiger charge is 2.31. The van der Waals surface area contributed by atoms with Gasteiger partial charge < -0.3 is 24.0 Å². The van der Waals surface area contributed by atoms with Crippen molar-refractivity contribution in [2.75, 3.05) is 47.1 Å². The van der Waals surface area contributed by atoms with E-state index in [0.29, 0.717) is 51.5 Å². The summed E-state index contributed by atoms with van der Waals surface area (Å²) in [7, 11) is 3.18. The first-order valence-corrected chi connectivity index (χ1v) is 9.08. The number of hydrogen-bond donors (Lipinski definition) is 1.